The molecule has 1 aliphatic carbocycles. The minimum atomic E-state index is -2.91. The Hall–Kier alpha value is -1.80. The fourth-order valence-electron chi connectivity index (χ4n) is 2.47. The zero-order valence-electron chi connectivity index (χ0n) is 17.4. The first-order chi connectivity index (χ1) is 15.5. The normalized spacial score (nSPS) is 19.6. The number of rotatable bonds is 7. The summed E-state index contributed by atoms with van der Waals surface area (Å²) in [5.41, 5.74) is 11.1. The third kappa shape index (κ3) is 10.8. The molecular formula is C14H25N5O11P3+3. The molecule has 3 heterocycles. The number of nitrogens with two attached hydrogens (primary N) is 2. The monoisotopic (exact) mass is 532 g/mol. The molecule has 0 aromatic carbocycles. The third-order valence-corrected chi connectivity index (χ3v) is 4.65. The second kappa shape index (κ2) is 13.8. The fraction of sp³-hybridized carbons (Fsp3) is 0.571. The van der Waals surface area contributed by atoms with Crippen molar-refractivity contribution in [3.63, 3.8) is 0 Å². The summed E-state index contributed by atoms with van der Waals surface area (Å²) in [7, 11) is -7.19. The molecule has 0 aromatic heterocycles. The van der Waals surface area contributed by atoms with E-state index in [1.807, 2.05) is 14.7 Å². The number of ketones is 2. The highest BCUT2D eigenvalue weighted by atomic mass is 31.1. The summed E-state index contributed by atoms with van der Waals surface area (Å²) in [6, 6.07) is 0. The highest BCUT2D eigenvalue weighted by molar-refractivity contribution is 7.32. The average molecular weight is 532 g/mol. The molecule has 0 radical (unpaired) electrons. The van der Waals surface area contributed by atoms with Gasteiger partial charge in [0.2, 0.25) is 11.6 Å². The van der Waals surface area contributed by atoms with E-state index in [9.17, 15) is 18.7 Å². The van der Waals surface area contributed by atoms with Gasteiger partial charge in [0.05, 0.1) is 5.70 Å². The van der Waals surface area contributed by atoms with Crippen molar-refractivity contribution in [2.75, 3.05) is 46.3 Å². The van der Waals surface area contributed by atoms with Gasteiger partial charge in [-0.2, -0.15) is 0 Å². The van der Waals surface area contributed by atoms with Gasteiger partial charge in [-0.3, -0.25) is 15.3 Å². The summed E-state index contributed by atoms with van der Waals surface area (Å²) in [6.07, 6.45) is -0.127. The first kappa shape index (κ1) is 29.2. The molecule has 2 unspecified atom stereocenters. The largest absolute Gasteiger partial charge is 0.699 e. The van der Waals surface area contributed by atoms with Gasteiger partial charge in [-0.1, -0.05) is 9.05 Å². The van der Waals surface area contributed by atoms with Crippen molar-refractivity contribution < 1.29 is 51.9 Å². The van der Waals surface area contributed by atoms with E-state index in [1.165, 1.54) is 13.1 Å². The number of carbonyl (C=O) groups excluding carboxylic acids is 2. The van der Waals surface area contributed by atoms with Crippen LogP contribution in [0.25, 0.3) is 0 Å². The molecule has 3 saturated heterocycles. The van der Waals surface area contributed by atoms with Crippen LogP contribution in [0.15, 0.2) is 23.2 Å². The van der Waals surface area contributed by atoms with Gasteiger partial charge in [0, 0.05) is 59.0 Å². The van der Waals surface area contributed by atoms with Crippen LogP contribution in [0.1, 0.15) is 0 Å². The Labute approximate surface area is 190 Å². The van der Waals surface area contributed by atoms with Gasteiger partial charge in [-0.05, 0) is 7.05 Å². The van der Waals surface area contributed by atoms with Gasteiger partial charge in [0.1, 0.15) is 11.4 Å². The number of nitrogens with zero attached hydrogens (tertiary/aromatic N) is 3. The maximum absolute atomic E-state index is 12.4. The molecule has 0 bridgehead atoms. The summed E-state index contributed by atoms with van der Waals surface area (Å²) in [6.45, 7) is 5.41. The molecule has 0 saturated carbocycles. The van der Waals surface area contributed by atoms with E-state index in [2.05, 4.69) is 14.8 Å². The lowest BCUT2D eigenvalue weighted by atomic mass is 10.0. The Kier molecular flexibility index (Phi) is 12.2. The van der Waals surface area contributed by atoms with Gasteiger partial charge in [0.15, 0.2) is 0 Å². The van der Waals surface area contributed by atoms with Crippen molar-refractivity contribution in [1.29, 1.82) is 0 Å². The molecule has 184 valence electrons. The van der Waals surface area contributed by atoms with Crippen molar-refractivity contribution in [2.45, 2.75) is 6.41 Å². The molecule has 8 N–H and O–H groups in total. The topological polar surface area (TPSA) is 246 Å². The van der Waals surface area contributed by atoms with Crippen LogP contribution in [0.5, 0.6) is 0 Å². The molecule has 33 heavy (non-hydrogen) atoms. The summed E-state index contributed by atoms with van der Waals surface area (Å²) < 4.78 is 35.9. The molecule has 4 aliphatic rings. The van der Waals surface area contributed by atoms with Gasteiger partial charge < -0.3 is 20.4 Å². The first-order valence-corrected chi connectivity index (χ1v) is 12.6. The highest BCUT2D eigenvalue weighted by Gasteiger charge is 2.43. The molecule has 0 aromatic rings. The number of allylic oxidation sites excluding steroid dienone is 1. The van der Waals surface area contributed by atoms with Gasteiger partial charge in [-0.25, -0.2) is 0 Å². The maximum Gasteiger partial charge on any atom is 0.699 e. The van der Waals surface area contributed by atoms with Crippen LogP contribution in [0.3, 0.4) is 0 Å². The molecule has 2 atom stereocenters. The fourth-order valence-corrected chi connectivity index (χ4v) is 2.98. The Morgan fingerprint density at radius 2 is 1.18 bits per heavy atom. The van der Waals surface area contributed by atoms with Gasteiger partial charge in [-0.15, -0.1) is 19.6 Å². The maximum atomic E-state index is 12.4. The van der Waals surface area contributed by atoms with E-state index in [0.717, 1.165) is 39.3 Å². The third-order valence-electron chi connectivity index (χ3n) is 3.88. The van der Waals surface area contributed by atoms with E-state index in [-0.39, 0.29) is 11.6 Å². The standard InChI is InChI=1S/C12H13N3O2.CH3NO6P2.CH5N.HO3P/c16-9-7-8(13-1-2-13)12(17)11(15-5-6-15)10(9)14-3-4-14;2-1(7-9(3)4)8-10(5)6;1-2;1-4(2)3/h7H,1-6H2;1H,2H2;2H2,1H3;(H-,1,2,3)/p+3. The van der Waals surface area contributed by atoms with E-state index < -0.39 is 31.2 Å². The van der Waals surface area contributed by atoms with Gasteiger partial charge >= 0.3 is 31.2 Å². The predicted molar refractivity (Wildman–Crippen MR) is 112 cm³/mol. The minimum Gasteiger partial charge on any atom is -0.365 e. The van der Waals surface area contributed by atoms with Crippen LogP contribution in [0, 0.1) is 0 Å². The molecule has 3 fully saturated rings. The van der Waals surface area contributed by atoms with Crippen LogP contribution < -0.4 is 11.5 Å². The Morgan fingerprint density at radius 3 is 1.52 bits per heavy atom. The molecule has 0 amide bonds. The van der Waals surface area contributed by atoms with Crippen molar-refractivity contribution >= 4 is 36.3 Å². The Morgan fingerprint density at radius 1 is 0.818 bits per heavy atom. The van der Waals surface area contributed by atoms with E-state index in [1.54, 1.807) is 0 Å². The van der Waals surface area contributed by atoms with Crippen LogP contribution in [-0.2, 0) is 32.3 Å². The number of hydrogen-bond donors (Lipinski definition) is 6. The van der Waals surface area contributed by atoms with Crippen molar-refractivity contribution in [3.8, 4) is 0 Å². The molecule has 4 rings (SSSR count). The predicted octanol–water partition coefficient (Wildman–Crippen LogP) is -2.05. The first-order valence-electron chi connectivity index (χ1n) is 9.15. The van der Waals surface area contributed by atoms with Crippen LogP contribution in [0.2, 0.25) is 0 Å². The second-order valence-electron chi connectivity index (χ2n) is 6.19. The smallest absolute Gasteiger partial charge is 0.365 e. The molecule has 16 nitrogen and oxygen atoms in total. The lowest BCUT2D eigenvalue weighted by Crippen LogP contribution is -2.29. The van der Waals surface area contributed by atoms with Crippen molar-refractivity contribution in [2.24, 2.45) is 11.5 Å². The van der Waals surface area contributed by atoms with Crippen molar-refractivity contribution in [1.82, 2.24) is 14.7 Å². The molecule has 0 spiro atoms. The summed E-state index contributed by atoms with van der Waals surface area (Å²) in [4.78, 5) is 60.7. The number of Topliss-reactive ketones (excluding diaryl/α,β-unsaturated/α-hetero) is 1. The van der Waals surface area contributed by atoms with E-state index in [0.29, 0.717) is 17.1 Å². The molecule has 19 heteroatoms. The van der Waals surface area contributed by atoms with Crippen molar-refractivity contribution in [3.05, 3.63) is 23.2 Å². The quantitative estimate of drug-likeness (QED) is 0.0893. The minimum absolute atomic E-state index is 0.00546. The van der Waals surface area contributed by atoms with Gasteiger partial charge in [0.25, 0.3) is 0 Å². The Bertz CT molecular complexity index is 836. The summed E-state index contributed by atoms with van der Waals surface area (Å²) >= 11 is 0. The highest BCUT2D eigenvalue weighted by Crippen LogP contribution is 2.33. The van der Waals surface area contributed by atoms with E-state index in [4.69, 9.17) is 29.9 Å². The zero-order valence-corrected chi connectivity index (χ0v) is 20.1. The molecule has 3 aliphatic heterocycles. The lowest BCUT2D eigenvalue weighted by molar-refractivity contribution is -0.117. The summed E-state index contributed by atoms with van der Waals surface area (Å²) in [5, 5.41) is 0. The summed E-state index contributed by atoms with van der Waals surface area (Å²) in [5.74, 6) is 0.0485. The second-order valence-corrected chi connectivity index (χ2v) is 8.07. The average Bonchev–Trinajstić information content (AvgIpc) is 3.54. The van der Waals surface area contributed by atoms with Crippen LogP contribution in [0.4, 0.5) is 0 Å². The van der Waals surface area contributed by atoms with Crippen LogP contribution in [-0.4, -0.2) is 98.6 Å². The van der Waals surface area contributed by atoms with E-state index >= 15 is 0 Å². The zero-order chi connectivity index (χ0) is 25.3. The Balaban J connectivity index is 0.000000293. The van der Waals surface area contributed by atoms with Crippen LogP contribution >= 0.6 is 24.8 Å². The lowest BCUT2D eigenvalue weighted by Gasteiger charge is -2.21. The SMILES string of the molecule is CN.NC(O[P+](=O)O)O[P+](=O)O.O=C1C=C(N2CC2)C(=O)C(N2CC2)=C1N1CC1.O=[P+](O)O. The number of carbonyl (C=O) groups is 2. The number of hydrogen-bond acceptors (Lipinski definition) is 12. The molecular weight excluding hydrogens is 507 g/mol.